The molecule has 3 N–H and O–H groups in total. The zero-order valence-electron chi connectivity index (χ0n) is 10.7. The van der Waals surface area contributed by atoms with Crippen molar-refractivity contribution in [3.05, 3.63) is 61.4 Å². The molecule has 0 fully saturated rings. The van der Waals surface area contributed by atoms with Crippen LogP contribution in [0.3, 0.4) is 0 Å². The summed E-state index contributed by atoms with van der Waals surface area (Å²) in [5, 5.41) is 0. The quantitative estimate of drug-likeness (QED) is 0.423. The molecule has 0 aromatic heterocycles. The molecule has 3 nitrogen and oxygen atoms in total. The molecule has 0 saturated heterocycles. The molecule has 0 amide bonds. The summed E-state index contributed by atoms with van der Waals surface area (Å²) in [4.78, 5) is 0. The van der Waals surface area contributed by atoms with Crippen LogP contribution in [0.15, 0.2) is 40.9 Å². The summed E-state index contributed by atoms with van der Waals surface area (Å²) in [5.74, 6) is 5.42. The number of ether oxygens (including phenoxy) is 1. The van der Waals surface area contributed by atoms with Crippen molar-refractivity contribution in [2.45, 2.75) is 6.04 Å². The first-order valence-corrected chi connectivity index (χ1v) is 7.69. The lowest BCUT2D eigenvalue weighted by Gasteiger charge is -2.20. The van der Waals surface area contributed by atoms with Gasteiger partial charge in [0.15, 0.2) is 11.6 Å². The van der Waals surface area contributed by atoms with E-state index in [1.165, 1.54) is 7.11 Å². The predicted octanol–water partition coefficient (Wildman–Crippen LogP) is 3.75. The van der Waals surface area contributed by atoms with Crippen molar-refractivity contribution >= 4 is 38.5 Å². The van der Waals surface area contributed by atoms with Crippen molar-refractivity contribution in [1.82, 2.24) is 5.43 Å². The Hall–Kier alpha value is -0.700. The monoisotopic (exact) mass is 450 g/mol. The molecule has 2 aromatic rings. The molecule has 0 bridgehead atoms. The Kier molecular flexibility index (Phi) is 5.36. The maximum Gasteiger partial charge on any atom is 0.170 e. The zero-order valence-corrected chi connectivity index (χ0v) is 14.4. The van der Waals surface area contributed by atoms with Gasteiger partial charge in [-0.15, -0.1) is 0 Å². The molecule has 106 valence electrons. The van der Waals surface area contributed by atoms with E-state index in [0.717, 1.165) is 13.6 Å². The van der Waals surface area contributed by atoms with E-state index >= 15 is 0 Å². The third-order valence-electron chi connectivity index (χ3n) is 2.96. The molecule has 20 heavy (non-hydrogen) atoms. The second kappa shape index (κ2) is 6.84. The van der Waals surface area contributed by atoms with Crippen LogP contribution >= 0.6 is 38.5 Å². The maximum atomic E-state index is 14.4. The number of hydrogen-bond donors (Lipinski definition) is 2. The average Bonchev–Trinajstić information content (AvgIpc) is 2.45. The van der Waals surface area contributed by atoms with Crippen molar-refractivity contribution < 1.29 is 9.13 Å². The minimum absolute atomic E-state index is 0.199. The number of benzene rings is 2. The van der Waals surface area contributed by atoms with Gasteiger partial charge in [-0.3, -0.25) is 5.84 Å². The molecule has 0 radical (unpaired) electrons. The normalized spacial score (nSPS) is 12.2. The number of hydrazine groups is 1. The van der Waals surface area contributed by atoms with E-state index in [9.17, 15) is 4.39 Å². The molecular weight excluding hydrogens is 438 g/mol. The van der Waals surface area contributed by atoms with Gasteiger partial charge in [0.1, 0.15) is 0 Å². The molecule has 0 heterocycles. The van der Waals surface area contributed by atoms with Gasteiger partial charge in [-0.25, -0.2) is 9.82 Å². The van der Waals surface area contributed by atoms with E-state index in [1.807, 2.05) is 18.2 Å². The van der Waals surface area contributed by atoms with Gasteiger partial charge in [-0.2, -0.15) is 0 Å². The summed E-state index contributed by atoms with van der Waals surface area (Å²) in [6, 6.07) is 10.4. The number of halogens is 3. The number of rotatable bonds is 4. The lowest BCUT2D eigenvalue weighted by molar-refractivity contribution is 0.381. The van der Waals surface area contributed by atoms with Crippen LogP contribution in [0.1, 0.15) is 17.2 Å². The van der Waals surface area contributed by atoms with Crippen molar-refractivity contribution in [3.63, 3.8) is 0 Å². The molecular formula is C14H13BrFIN2O. The first-order chi connectivity index (χ1) is 9.58. The maximum absolute atomic E-state index is 14.4. The van der Waals surface area contributed by atoms with Crippen LogP contribution in [-0.2, 0) is 0 Å². The molecule has 1 atom stereocenters. The summed E-state index contributed by atoms with van der Waals surface area (Å²) >= 11 is 5.68. The number of methoxy groups -OCH3 is 1. The van der Waals surface area contributed by atoms with Crippen LogP contribution in [0.5, 0.6) is 5.75 Å². The smallest absolute Gasteiger partial charge is 0.170 e. The summed E-state index contributed by atoms with van der Waals surface area (Å²) in [6.45, 7) is 0. The first kappa shape index (κ1) is 15.7. The summed E-state index contributed by atoms with van der Waals surface area (Å²) < 4.78 is 21.3. The second-order valence-electron chi connectivity index (χ2n) is 4.13. The lowest BCUT2D eigenvalue weighted by atomic mass is 9.98. The Morgan fingerprint density at radius 1 is 1.30 bits per heavy atom. The highest BCUT2D eigenvalue weighted by atomic mass is 127. The Bertz CT molecular complexity index is 624. The largest absolute Gasteiger partial charge is 0.494 e. The molecule has 0 aliphatic heterocycles. The van der Waals surface area contributed by atoms with Crippen LogP contribution in [0.4, 0.5) is 4.39 Å². The number of nitrogens with two attached hydrogens (primary N) is 1. The highest BCUT2D eigenvalue weighted by Gasteiger charge is 2.21. The molecule has 2 aromatic carbocycles. The third-order valence-corrected chi connectivity index (χ3v) is 4.35. The van der Waals surface area contributed by atoms with Gasteiger partial charge in [0.25, 0.3) is 0 Å². The molecule has 0 spiro atoms. The van der Waals surface area contributed by atoms with E-state index in [1.54, 1.807) is 18.2 Å². The predicted molar refractivity (Wildman–Crippen MR) is 89.0 cm³/mol. The Balaban J connectivity index is 2.55. The van der Waals surface area contributed by atoms with Gasteiger partial charge < -0.3 is 4.74 Å². The molecule has 0 aliphatic rings. The lowest BCUT2D eigenvalue weighted by Crippen LogP contribution is -2.30. The van der Waals surface area contributed by atoms with Crippen molar-refractivity contribution in [2.75, 3.05) is 7.11 Å². The molecule has 0 aliphatic carbocycles. The van der Waals surface area contributed by atoms with Crippen LogP contribution in [0, 0.1) is 9.39 Å². The van der Waals surface area contributed by atoms with Crippen molar-refractivity contribution in [2.24, 2.45) is 5.84 Å². The Morgan fingerprint density at radius 3 is 2.70 bits per heavy atom. The highest BCUT2D eigenvalue weighted by Crippen LogP contribution is 2.33. The number of hydrogen-bond acceptors (Lipinski definition) is 3. The fraction of sp³-hybridized carbons (Fsp3) is 0.143. The van der Waals surface area contributed by atoms with Gasteiger partial charge in [0.05, 0.1) is 13.2 Å². The van der Waals surface area contributed by atoms with Gasteiger partial charge in [0, 0.05) is 13.6 Å². The number of nitrogens with one attached hydrogen (secondary N) is 1. The van der Waals surface area contributed by atoms with Gasteiger partial charge in [-0.1, -0.05) is 28.1 Å². The van der Waals surface area contributed by atoms with E-state index in [0.29, 0.717) is 5.56 Å². The topological polar surface area (TPSA) is 47.3 Å². The minimum Gasteiger partial charge on any atom is -0.494 e. The molecule has 0 saturated carbocycles. The van der Waals surface area contributed by atoms with E-state index < -0.39 is 11.9 Å². The third kappa shape index (κ3) is 3.13. The Labute approximate surface area is 138 Å². The van der Waals surface area contributed by atoms with Crippen LogP contribution in [-0.4, -0.2) is 7.11 Å². The molecule has 6 heteroatoms. The summed E-state index contributed by atoms with van der Waals surface area (Å²) in [6.07, 6.45) is 0. The van der Waals surface area contributed by atoms with Gasteiger partial charge in [0.2, 0.25) is 0 Å². The minimum atomic E-state index is -0.464. The van der Waals surface area contributed by atoms with Crippen molar-refractivity contribution in [3.8, 4) is 5.75 Å². The van der Waals surface area contributed by atoms with Gasteiger partial charge >= 0.3 is 0 Å². The van der Waals surface area contributed by atoms with E-state index in [-0.39, 0.29) is 5.75 Å². The second-order valence-corrected chi connectivity index (χ2v) is 6.23. The van der Waals surface area contributed by atoms with Gasteiger partial charge in [-0.05, 0) is 52.4 Å². The SMILES string of the molecule is COc1cccc(C(NN)c2cc(I)ccc2Br)c1F. The zero-order chi connectivity index (χ0) is 14.7. The fourth-order valence-corrected chi connectivity index (χ4v) is 2.98. The summed E-state index contributed by atoms with van der Waals surface area (Å²) in [7, 11) is 1.44. The van der Waals surface area contributed by atoms with Crippen LogP contribution in [0.25, 0.3) is 0 Å². The highest BCUT2D eigenvalue weighted by molar-refractivity contribution is 14.1. The fourth-order valence-electron chi connectivity index (χ4n) is 1.99. The van der Waals surface area contributed by atoms with E-state index in [4.69, 9.17) is 10.6 Å². The van der Waals surface area contributed by atoms with Crippen molar-refractivity contribution in [1.29, 1.82) is 0 Å². The standard InChI is InChI=1S/C14H13BrFIN2O/c1-20-12-4-2-3-9(13(12)16)14(19-18)10-7-8(17)5-6-11(10)15/h2-7,14,19H,18H2,1H3. The molecule has 1 unspecified atom stereocenters. The Morgan fingerprint density at radius 2 is 2.05 bits per heavy atom. The molecule has 2 rings (SSSR count). The van der Waals surface area contributed by atoms with Crippen LogP contribution < -0.4 is 16.0 Å². The average molecular weight is 451 g/mol. The van der Waals surface area contributed by atoms with Crippen LogP contribution in [0.2, 0.25) is 0 Å². The first-order valence-electron chi connectivity index (χ1n) is 5.82. The van der Waals surface area contributed by atoms with E-state index in [2.05, 4.69) is 43.9 Å². The summed E-state index contributed by atoms with van der Waals surface area (Å²) in [5.41, 5.74) is 3.97.